The number of hydrogen-bond acceptors (Lipinski definition) is 3. The lowest BCUT2D eigenvalue weighted by atomic mass is 10.1. The number of rotatable bonds is 6. The molecule has 0 radical (unpaired) electrons. The van der Waals surface area contributed by atoms with Crippen molar-refractivity contribution >= 4 is 11.3 Å². The Kier molecular flexibility index (Phi) is 4.36. The highest BCUT2D eigenvalue weighted by Crippen LogP contribution is 2.44. The molecule has 0 amide bonds. The van der Waals surface area contributed by atoms with Crippen molar-refractivity contribution in [3.63, 3.8) is 0 Å². The van der Waals surface area contributed by atoms with E-state index in [0.29, 0.717) is 5.92 Å². The summed E-state index contributed by atoms with van der Waals surface area (Å²) in [4.78, 5) is 6.16. The first-order chi connectivity index (χ1) is 10.2. The summed E-state index contributed by atoms with van der Waals surface area (Å²) < 4.78 is 13.5. The Morgan fingerprint density at radius 2 is 2.19 bits per heavy atom. The molecule has 4 heteroatoms. The fourth-order valence-electron chi connectivity index (χ4n) is 2.48. The molecule has 0 bridgehead atoms. The van der Waals surface area contributed by atoms with Gasteiger partial charge in [0.2, 0.25) is 0 Å². The molecule has 2 aromatic rings. The third-order valence-electron chi connectivity index (χ3n) is 3.83. The van der Waals surface area contributed by atoms with E-state index in [1.165, 1.54) is 29.5 Å². The largest absolute Gasteiger partial charge is 0.312 e. The average molecular weight is 304 g/mol. The van der Waals surface area contributed by atoms with Gasteiger partial charge in [0.15, 0.2) is 0 Å². The van der Waals surface area contributed by atoms with Crippen LogP contribution < -0.4 is 5.32 Å². The standard InChI is InChI=1S/C17H21FN2S/c1-3-8-19-10-15-16(12-5-6-12)20-17(21-15)14-9-13(18)7-4-11(14)2/h4,7,9,12,19H,3,5-6,8,10H2,1-2H3. The summed E-state index contributed by atoms with van der Waals surface area (Å²) in [6.45, 7) is 6.09. The Morgan fingerprint density at radius 3 is 2.90 bits per heavy atom. The number of aromatic nitrogens is 1. The minimum atomic E-state index is -0.190. The van der Waals surface area contributed by atoms with Crippen molar-refractivity contribution in [1.82, 2.24) is 10.3 Å². The first-order valence-corrected chi connectivity index (χ1v) is 8.47. The number of aryl methyl sites for hydroxylation is 1. The molecule has 0 spiro atoms. The van der Waals surface area contributed by atoms with Gasteiger partial charge in [0.25, 0.3) is 0 Å². The molecule has 1 fully saturated rings. The third-order valence-corrected chi connectivity index (χ3v) is 4.94. The van der Waals surface area contributed by atoms with Crippen LogP contribution in [-0.4, -0.2) is 11.5 Å². The van der Waals surface area contributed by atoms with E-state index in [1.54, 1.807) is 17.4 Å². The van der Waals surface area contributed by atoms with Crippen molar-refractivity contribution in [3.05, 3.63) is 40.2 Å². The van der Waals surface area contributed by atoms with Crippen LogP contribution in [0.2, 0.25) is 0 Å². The van der Waals surface area contributed by atoms with E-state index in [2.05, 4.69) is 12.2 Å². The first-order valence-electron chi connectivity index (χ1n) is 7.66. The second-order valence-electron chi connectivity index (χ2n) is 5.74. The van der Waals surface area contributed by atoms with E-state index >= 15 is 0 Å². The quantitative estimate of drug-likeness (QED) is 0.787. The third kappa shape index (κ3) is 3.33. The zero-order valence-electron chi connectivity index (χ0n) is 12.6. The van der Waals surface area contributed by atoms with Gasteiger partial charge >= 0.3 is 0 Å². The maximum absolute atomic E-state index is 13.5. The van der Waals surface area contributed by atoms with E-state index in [-0.39, 0.29) is 5.82 Å². The molecule has 0 atom stereocenters. The highest BCUT2D eigenvalue weighted by Gasteiger charge is 2.29. The Morgan fingerprint density at radius 1 is 1.38 bits per heavy atom. The molecule has 1 aromatic heterocycles. The van der Waals surface area contributed by atoms with Gasteiger partial charge in [-0.15, -0.1) is 11.3 Å². The first kappa shape index (κ1) is 14.7. The van der Waals surface area contributed by atoms with E-state index in [1.807, 2.05) is 13.0 Å². The molecule has 0 saturated heterocycles. The molecule has 1 saturated carbocycles. The van der Waals surface area contributed by atoms with Gasteiger partial charge in [0.1, 0.15) is 10.8 Å². The summed E-state index contributed by atoms with van der Waals surface area (Å²) in [5, 5.41) is 4.42. The van der Waals surface area contributed by atoms with Gasteiger partial charge in [0.05, 0.1) is 5.69 Å². The van der Waals surface area contributed by atoms with E-state index < -0.39 is 0 Å². The van der Waals surface area contributed by atoms with Crippen molar-refractivity contribution in [2.24, 2.45) is 0 Å². The Bertz CT molecular complexity index is 632. The van der Waals surface area contributed by atoms with Crippen LogP contribution in [-0.2, 0) is 6.54 Å². The van der Waals surface area contributed by atoms with Gasteiger partial charge in [-0.1, -0.05) is 13.0 Å². The van der Waals surface area contributed by atoms with Crippen LogP contribution in [0.25, 0.3) is 10.6 Å². The highest BCUT2D eigenvalue weighted by molar-refractivity contribution is 7.15. The van der Waals surface area contributed by atoms with Crippen molar-refractivity contribution in [3.8, 4) is 10.6 Å². The van der Waals surface area contributed by atoms with Gasteiger partial charge in [-0.2, -0.15) is 0 Å². The monoisotopic (exact) mass is 304 g/mol. The lowest BCUT2D eigenvalue weighted by molar-refractivity contribution is 0.628. The number of thiazole rings is 1. The zero-order chi connectivity index (χ0) is 14.8. The molecule has 1 aliphatic carbocycles. The Hall–Kier alpha value is -1.26. The molecule has 1 aromatic carbocycles. The fourth-order valence-corrected chi connectivity index (χ4v) is 3.68. The second kappa shape index (κ2) is 6.24. The number of halogens is 1. The number of nitrogens with one attached hydrogen (secondary N) is 1. The van der Waals surface area contributed by atoms with Crippen LogP contribution in [0.15, 0.2) is 18.2 Å². The summed E-state index contributed by atoms with van der Waals surface area (Å²) in [6, 6.07) is 4.95. The van der Waals surface area contributed by atoms with Gasteiger partial charge in [-0.05, 0) is 50.4 Å². The molecule has 1 heterocycles. The van der Waals surface area contributed by atoms with Crippen molar-refractivity contribution in [2.75, 3.05) is 6.54 Å². The van der Waals surface area contributed by atoms with Crippen LogP contribution in [0.3, 0.4) is 0 Å². The van der Waals surface area contributed by atoms with Crippen LogP contribution in [0, 0.1) is 12.7 Å². The van der Waals surface area contributed by atoms with Gasteiger partial charge in [-0.25, -0.2) is 9.37 Å². The minimum Gasteiger partial charge on any atom is -0.312 e. The molecule has 1 N–H and O–H groups in total. The molecule has 3 rings (SSSR count). The van der Waals surface area contributed by atoms with Gasteiger partial charge in [-0.3, -0.25) is 0 Å². The molecule has 21 heavy (non-hydrogen) atoms. The topological polar surface area (TPSA) is 24.9 Å². The molecular formula is C17H21FN2S. The fraction of sp³-hybridized carbons (Fsp3) is 0.471. The lowest BCUT2D eigenvalue weighted by Crippen LogP contribution is -2.13. The van der Waals surface area contributed by atoms with Crippen molar-refractivity contribution < 1.29 is 4.39 Å². The molecule has 0 aliphatic heterocycles. The molecule has 0 unspecified atom stereocenters. The zero-order valence-corrected chi connectivity index (χ0v) is 13.4. The van der Waals surface area contributed by atoms with E-state index in [0.717, 1.165) is 35.6 Å². The maximum atomic E-state index is 13.5. The molecule has 1 aliphatic rings. The summed E-state index contributed by atoms with van der Waals surface area (Å²) >= 11 is 1.71. The minimum absolute atomic E-state index is 0.190. The Balaban J connectivity index is 1.92. The SMILES string of the molecule is CCCNCc1sc(-c2cc(F)ccc2C)nc1C1CC1. The van der Waals surface area contributed by atoms with E-state index in [9.17, 15) is 4.39 Å². The summed E-state index contributed by atoms with van der Waals surface area (Å²) in [5.41, 5.74) is 3.26. The van der Waals surface area contributed by atoms with Gasteiger partial charge < -0.3 is 5.32 Å². The molecule has 112 valence electrons. The summed E-state index contributed by atoms with van der Waals surface area (Å²) in [5.74, 6) is 0.437. The number of hydrogen-bond donors (Lipinski definition) is 1. The van der Waals surface area contributed by atoms with Crippen molar-refractivity contribution in [2.45, 2.75) is 45.6 Å². The second-order valence-corrected chi connectivity index (χ2v) is 6.82. The summed E-state index contributed by atoms with van der Waals surface area (Å²) in [6.07, 6.45) is 3.62. The van der Waals surface area contributed by atoms with Crippen LogP contribution in [0.1, 0.15) is 48.2 Å². The normalized spacial score (nSPS) is 14.6. The van der Waals surface area contributed by atoms with Crippen molar-refractivity contribution in [1.29, 1.82) is 0 Å². The predicted molar refractivity (Wildman–Crippen MR) is 86.2 cm³/mol. The Labute approximate surface area is 129 Å². The summed E-state index contributed by atoms with van der Waals surface area (Å²) in [7, 11) is 0. The van der Waals surface area contributed by atoms with Crippen LogP contribution in [0.5, 0.6) is 0 Å². The predicted octanol–water partition coefficient (Wildman–Crippen LogP) is 4.63. The van der Waals surface area contributed by atoms with Gasteiger partial charge in [0, 0.05) is 22.9 Å². The molecular weight excluding hydrogens is 283 g/mol. The van der Waals surface area contributed by atoms with Crippen LogP contribution in [0.4, 0.5) is 4.39 Å². The lowest BCUT2D eigenvalue weighted by Gasteiger charge is -2.02. The van der Waals surface area contributed by atoms with Crippen LogP contribution >= 0.6 is 11.3 Å². The maximum Gasteiger partial charge on any atom is 0.124 e. The number of nitrogens with zero attached hydrogens (tertiary/aromatic N) is 1. The van der Waals surface area contributed by atoms with E-state index in [4.69, 9.17) is 4.98 Å². The number of benzene rings is 1. The highest BCUT2D eigenvalue weighted by atomic mass is 32.1. The average Bonchev–Trinajstić information content (AvgIpc) is 3.23. The molecule has 2 nitrogen and oxygen atoms in total. The smallest absolute Gasteiger partial charge is 0.124 e.